The second-order valence-electron chi connectivity index (χ2n) is 4.83. The number of hydrogen-bond acceptors (Lipinski definition) is 4. The smallest absolute Gasteiger partial charge is 0.404 e. The van der Waals surface area contributed by atoms with Gasteiger partial charge in [0.25, 0.3) is 0 Å². The number of nitrogens with zero attached hydrogens (tertiary/aromatic N) is 1. The Bertz CT molecular complexity index is 630. The van der Waals surface area contributed by atoms with Crippen molar-refractivity contribution in [3.8, 4) is 5.75 Å². The van der Waals surface area contributed by atoms with E-state index in [1.165, 1.54) is 7.11 Å². The number of nitrogens with one attached hydrogen (secondary N) is 1. The van der Waals surface area contributed by atoms with Crippen LogP contribution < -0.4 is 10.1 Å². The Hall–Kier alpha value is -1.76. The van der Waals surface area contributed by atoms with Gasteiger partial charge in [-0.05, 0) is 25.1 Å². The van der Waals surface area contributed by atoms with Gasteiger partial charge < -0.3 is 14.5 Å². The van der Waals surface area contributed by atoms with Crippen LogP contribution >= 0.6 is 0 Å². The van der Waals surface area contributed by atoms with Crippen LogP contribution in [0.3, 0.4) is 0 Å². The van der Waals surface area contributed by atoms with E-state index in [4.69, 9.17) is 9.15 Å². The average molecular weight is 286 g/mol. The quantitative estimate of drug-likeness (QED) is 0.922. The minimum Gasteiger partial charge on any atom is -0.494 e. The molecule has 0 radical (unpaired) electrons. The number of halogens is 3. The molecule has 2 aromatic rings. The lowest BCUT2D eigenvalue weighted by atomic mass is 9.86. The van der Waals surface area contributed by atoms with E-state index in [0.717, 1.165) is 0 Å². The standard InChI is InChI=1S/C13H13F3N2O2/c1-19-8-3-2-4-9-10(8)18-11(20-9)12(13(14,15)16)5-6-17-7-12/h2-4,17H,5-7H2,1H3. The minimum absolute atomic E-state index is 0.0777. The van der Waals surface area contributed by atoms with Crippen LogP contribution in [0.2, 0.25) is 0 Å². The van der Waals surface area contributed by atoms with Crippen molar-refractivity contribution in [3.05, 3.63) is 24.1 Å². The van der Waals surface area contributed by atoms with Crippen LogP contribution in [0.5, 0.6) is 5.75 Å². The first-order valence-corrected chi connectivity index (χ1v) is 6.19. The number of fused-ring (bicyclic) bond motifs is 1. The maximum Gasteiger partial charge on any atom is 0.404 e. The Morgan fingerprint density at radius 3 is 2.80 bits per heavy atom. The van der Waals surface area contributed by atoms with Crippen molar-refractivity contribution in [3.63, 3.8) is 0 Å². The third-order valence-corrected chi connectivity index (χ3v) is 3.71. The Morgan fingerprint density at radius 2 is 2.20 bits per heavy atom. The predicted molar refractivity (Wildman–Crippen MR) is 65.8 cm³/mol. The van der Waals surface area contributed by atoms with E-state index in [2.05, 4.69) is 10.3 Å². The minimum atomic E-state index is -4.41. The van der Waals surface area contributed by atoms with E-state index in [-0.39, 0.29) is 25.4 Å². The van der Waals surface area contributed by atoms with Crippen LogP contribution in [-0.4, -0.2) is 31.4 Å². The second-order valence-corrected chi connectivity index (χ2v) is 4.83. The highest BCUT2D eigenvalue weighted by molar-refractivity contribution is 5.79. The molecule has 1 aromatic carbocycles. The van der Waals surface area contributed by atoms with Gasteiger partial charge in [-0.1, -0.05) is 6.07 Å². The van der Waals surface area contributed by atoms with Crippen LogP contribution in [0.15, 0.2) is 22.6 Å². The first-order chi connectivity index (χ1) is 9.48. The highest BCUT2D eigenvalue weighted by Gasteiger charge is 2.60. The number of methoxy groups -OCH3 is 1. The Balaban J connectivity index is 2.18. The van der Waals surface area contributed by atoms with Gasteiger partial charge in [-0.15, -0.1) is 0 Å². The van der Waals surface area contributed by atoms with Crippen molar-refractivity contribution in [2.45, 2.75) is 18.0 Å². The number of alkyl halides is 3. The average Bonchev–Trinajstić information content (AvgIpc) is 3.04. The molecule has 1 N–H and O–H groups in total. The molecular weight excluding hydrogens is 273 g/mol. The topological polar surface area (TPSA) is 47.3 Å². The van der Waals surface area contributed by atoms with Crippen LogP contribution in [0.25, 0.3) is 11.1 Å². The summed E-state index contributed by atoms with van der Waals surface area (Å²) in [7, 11) is 1.44. The lowest BCUT2D eigenvalue weighted by molar-refractivity contribution is -0.190. The van der Waals surface area contributed by atoms with Gasteiger partial charge in [-0.3, -0.25) is 0 Å². The Kier molecular flexibility index (Phi) is 2.89. The molecule has 1 unspecified atom stereocenters. The van der Waals surface area contributed by atoms with E-state index in [1.807, 2.05) is 0 Å². The largest absolute Gasteiger partial charge is 0.494 e. The van der Waals surface area contributed by atoms with Gasteiger partial charge in [0.15, 0.2) is 16.5 Å². The van der Waals surface area contributed by atoms with Gasteiger partial charge in [0, 0.05) is 6.54 Å². The SMILES string of the molecule is COc1cccc2oc(C3(C(F)(F)F)CCNC3)nc12. The van der Waals surface area contributed by atoms with E-state index in [1.54, 1.807) is 18.2 Å². The molecule has 0 saturated carbocycles. The van der Waals surface area contributed by atoms with Crippen molar-refractivity contribution < 1.29 is 22.3 Å². The van der Waals surface area contributed by atoms with Gasteiger partial charge in [-0.25, -0.2) is 4.98 Å². The lowest BCUT2D eigenvalue weighted by Crippen LogP contribution is -2.44. The summed E-state index contributed by atoms with van der Waals surface area (Å²) in [6, 6.07) is 4.88. The van der Waals surface area contributed by atoms with E-state index < -0.39 is 11.6 Å². The summed E-state index contributed by atoms with van der Waals surface area (Å²) in [6.45, 7) is 0.0704. The highest BCUT2D eigenvalue weighted by atomic mass is 19.4. The summed E-state index contributed by atoms with van der Waals surface area (Å²) in [5.74, 6) is 0.107. The summed E-state index contributed by atoms with van der Waals surface area (Å²) < 4.78 is 50.8. The van der Waals surface area contributed by atoms with Crippen molar-refractivity contribution >= 4 is 11.1 Å². The number of rotatable bonds is 2. The predicted octanol–water partition coefficient (Wildman–Crippen LogP) is 2.63. The molecule has 0 spiro atoms. The van der Waals surface area contributed by atoms with Crippen molar-refractivity contribution in [2.24, 2.45) is 0 Å². The Labute approximate surface area is 112 Å². The van der Waals surface area contributed by atoms with E-state index in [9.17, 15) is 13.2 Å². The highest BCUT2D eigenvalue weighted by Crippen LogP contribution is 2.46. The monoisotopic (exact) mass is 286 g/mol. The number of ether oxygens (including phenoxy) is 1. The normalized spacial score (nSPS) is 23.4. The Morgan fingerprint density at radius 1 is 1.40 bits per heavy atom. The molecule has 108 valence electrons. The van der Waals surface area contributed by atoms with Gasteiger partial charge in [-0.2, -0.15) is 13.2 Å². The molecule has 20 heavy (non-hydrogen) atoms. The molecule has 0 amide bonds. The van der Waals surface area contributed by atoms with Gasteiger partial charge in [0.2, 0.25) is 5.89 Å². The number of para-hydroxylation sites is 1. The second kappa shape index (κ2) is 4.37. The van der Waals surface area contributed by atoms with Crippen LogP contribution in [0.4, 0.5) is 13.2 Å². The van der Waals surface area contributed by atoms with Crippen molar-refractivity contribution in [1.29, 1.82) is 0 Å². The molecular formula is C13H13F3N2O2. The molecule has 1 atom stereocenters. The van der Waals surface area contributed by atoms with Gasteiger partial charge in [0.05, 0.1) is 7.11 Å². The molecule has 0 bridgehead atoms. The fourth-order valence-electron chi connectivity index (χ4n) is 2.53. The van der Waals surface area contributed by atoms with Crippen LogP contribution in [-0.2, 0) is 5.41 Å². The molecule has 2 heterocycles. The third-order valence-electron chi connectivity index (χ3n) is 3.71. The maximum atomic E-state index is 13.4. The molecule has 1 aliphatic heterocycles. The van der Waals surface area contributed by atoms with Gasteiger partial charge in [0.1, 0.15) is 5.75 Å². The van der Waals surface area contributed by atoms with Crippen LogP contribution in [0.1, 0.15) is 12.3 Å². The van der Waals surface area contributed by atoms with Crippen molar-refractivity contribution in [2.75, 3.05) is 20.2 Å². The molecule has 1 fully saturated rings. The molecule has 4 nitrogen and oxygen atoms in total. The molecule has 7 heteroatoms. The lowest BCUT2D eigenvalue weighted by Gasteiger charge is -2.27. The third kappa shape index (κ3) is 1.76. The molecule has 1 aliphatic rings. The number of aromatic nitrogens is 1. The number of oxazole rings is 1. The molecule has 1 saturated heterocycles. The summed E-state index contributed by atoms with van der Waals surface area (Å²) in [4.78, 5) is 4.05. The molecule has 0 aliphatic carbocycles. The fraction of sp³-hybridized carbons (Fsp3) is 0.462. The first-order valence-electron chi connectivity index (χ1n) is 6.19. The zero-order valence-corrected chi connectivity index (χ0v) is 10.8. The van der Waals surface area contributed by atoms with Crippen molar-refractivity contribution in [1.82, 2.24) is 10.3 Å². The number of benzene rings is 1. The summed E-state index contributed by atoms with van der Waals surface area (Å²) in [5, 5.41) is 2.74. The first kappa shape index (κ1) is 13.2. The summed E-state index contributed by atoms with van der Waals surface area (Å²) >= 11 is 0. The summed E-state index contributed by atoms with van der Waals surface area (Å²) in [5.41, 5.74) is -1.44. The molecule has 3 rings (SSSR count). The fourth-order valence-corrected chi connectivity index (χ4v) is 2.53. The summed E-state index contributed by atoms with van der Waals surface area (Å²) in [6.07, 6.45) is -4.49. The maximum absolute atomic E-state index is 13.4. The zero-order chi connectivity index (χ0) is 14.4. The van der Waals surface area contributed by atoms with E-state index in [0.29, 0.717) is 16.8 Å². The zero-order valence-electron chi connectivity index (χ0n) is 10.8. The molecule has 1 aromatic heterocycles. The number of hydrogen-bond donors (Lipinski definition) is 1. The van der Waals surface area contributed by atoms with Gasteiger partial charge >= 0.3 is 6.18 Å². The van der Waals surface area contributed by atoms with Crippen LogP contribution in [0, 0.1) is 0 Å². The van der Waals surface area contributed by atoms with E-state index >= 15 is 0 Å².